The molecule has 0 saturated carbocycles. The number of aromatic carboxylic acids is 1. The minimum absolute atomic E-state index is 0.0310. The maximum atomic E-state index is 12.9. The Morgan fingerprint density at radius 1 is 1.30 bits per heavy atom. The molecule has 0 aliphatic rings. The van der Waals surface area contributed by atoms with Crippen LogP contribution in [0.3, 0.4) is 0 Å². The number of hydrogen-bond acceptors (Lipinski definition) is 4. The van der Waals surface area contributed by atoms with Crippen LogP contribution < -0.4 is 5.32 Å². The van der Waals surface area contributed by atoms with Crippen LogP contribution in [0.4, 0.5) is 4.39 Å². The first kappa shape index (κ1) is 17.1. The molecule has 1 atom stereocenters. The number of halogens is 1. The largest absolute Gasteiger partial charge is 0.477 e. The van der Waals surface area contributed by atoms with Gasteiger partial charge in [0.15, 0.2) is 0 Å². The smallest absolute Gasteiger partial charge is 0.345 e. The van der Waals surface area contributed by atoms with Gasteiger partial charge in [-0.2, -0.15) is 0 Å². The zero-order valence-corrected chi connectivity index (χ0v) is 13.2. The fourth-order valence-electron chi connectivity index (χ4n) is 2.01. The van der Waals surface area contributed by atoms with E-state index in [-0.39, 0.29) is 23.7 Å². The number of rotatable bonds is 6. The number of hydrogen-bond donors (Lipinski definition) is 3. The number of amides is 1. The lowest BCUT2D eigenvalue weighted by Crippen LogP contribution is -2.39. The first-order chi connectivity index (χ1) is 10.8. The van der Waals surface area contributed by atoms with E-state index in [1.54, 1.807) is 5.38 Å². The highest BCUT2D eigenvalue weighted by Gasteiger charge is 2.24. The standard InChI is InChI=1S/C16H16FNO4S/c1-16(22,11-2-4-12(17)5-3-11)9-18-14(19)7-10-6-13(15(20)21)23-8-10/h2-6,8,22H,7,9H2,1H3,(H,18,19)(H,20,21). The third-order valence-corrected chi connectivity index (χ3v) is 4.29. The first-order valence-corrected chi connectivity index (χ1v) is 7.72. The Kier molecular flexibility index (Phi) is 5.12. The van der Waals surface area contributed by atoms with E-state index >= 15 is 0 Å². The zero-order chi connectivity index (χ0) is 17.0. The Morgan fingerprint density at radius 2 is 1.96 bits per heavy atom. The van der Waals surface area contributed by atoms with Gasteiger partial charge in [0.25, 0.3) is 0 Å². The van der Waals surface area contributed by atoms with Gasteiger partial charge in [-0.3, -0.25) is 4.79 Å². The second-order valence-electron chi connectivity index (χ2n) is 5.36. The first-order valence-electron chi connectivity index (χ1n) is 6.84. The van der Waals surface area contributed by atoms with Crippen molar-refractivity contribution in [2.45, 2.75) is 18.9 Å². The summed E-state index contributed by atoms with van der Waals surface area (Å²) in [6.45, 7) is 1.49. The van der Waals surface area contributed by atoms with Gasteiger partial charge < -0.3 is 15.5 Å². The zero-order valence-electron chi connectivity index (χ0n) is 12.4. The Hall–Kier alpha value is -2.25. The number of carbonyl (C=O) groups excluding carboxylic acids is 1. The number of nitrogens with one attached hydrogen (secondary N) is 1. The van der Waals surface area contributed by atoms with Crippen LogP contribution in [-0.4, -0.2) is 28.6 Å². The molecule has 0 spiro atoms. The predicted molar refractivity (Wildman–Crippen MR) is 84.0 cm³/mol. The van der Waals surface area contributed by atoms with Gasteiger partial charge in [0.2, 0.25) is 5.91 Å². The minimum atomic E-state index is -1.33. The summed E-state index contributed by atoms with van der Waals surface area (Å²) >= 11 is 1.06. The van der Waals surface area contributed by atoms with E-state index in [9.17, 15) is 19.1 Å². The average Bonchev–Trinajstić information content (AvgIpc) is 2.94. The lowest BCUT2D eigenvalue weighted by Gasteiger charge is -2.24. The van der Waals surface area contributed by atoms with E-state index in [4.69, 9.17) is 5.11 Å². The predicted octanol–water partition coefficient (Wildman–Crippen LogP) is 2.15. The Bertz CT molecular complexity index is 709. The van der Waals surface area contributed by atoms with Gasteiger partial charge in [-0.15, -0.1) is 11.3 Å². The van der Waals surface area contributed by atoms with E-state index in [1.807, 2.05) is 0 Å². The van der Waals surface area contributed by atoms with Gasteiger partial charge in [0.05, 0.1) is 13.0 Å². The van der Waals surface area contributed by atoms with Gasteiger partial charge in [-0.05, 0) is 41.6 Å². The Labute approximate surface area is 136 Å². The summed E-state index contributed by atoms with van der Waals surface area (Å²) < 4.78 is 12.9. The third-order valence-electron chi connectivity index (χ3n) is 3.33. The Morgan fingerprint density at radius 3 is 2.52 bits per heavy atom. The molecule has 1 aromatic heterocycles. The highest BCUT2D eigenvalue weighted by Crippen LogP contribution is 2.20. The Balaban J connectivity index is 1.92. The maximum Gasteiger partial charge on any atom is 0.345 e. The number of carboxylic acids is 1. The number of carboxylic acid groups (broad SMARTS) is 1. The monoisotopic (exact) mass is 337 g/mol. The molecule has 0 saturated heterocycles. The molecule has 1 aromatic carbocycles. The number of carbonyl (C=O) groups is 2. The number of thiophene rings is 1. The molecule has 0 fully saturated rings. The molecule has 3 N–H and O–H groups in total. The van der Waals surface area contributed by atoms with Crippen LogP contribution in [0, 0.1) is 5.82 Å². The molecular formula is C16H16FNO4S. The van der Waals surface area contributed by atoms with Crippen molar-refractivity contribution in [2.24, 2.45) is 0 Å². The number of aliphatic hydroxyl groups is 1. The van der Waals surface area contributed by atoms with Crippen LogP contribution in [0.2, 0.25) is 0 Å². The van der Waals surface area contributed by atoms with Crippen LogP contribution in [0.25, 0.3) is 0 Å². The summed E-state index contributed by atoms with van der Waals surface area (Å²) in [5, 5.41) is 23.4. The third kappa shape index (κ3) is 4.61. The normalized spacial score (nSPS) is 13.3. The summed E-state index contributed by atoms with van der Waals surface area (Å²) in [5.41, 5.74) is -0.237. The van der Waals surface area contributed by atoms with Crippen LogP contribution in [0.15, 0.2) is 35.7 Å². The van der Waals surface area contributed by atoms with Crippen LogP contribution >= 0.6 is 11.3 Å². The van der Waals surface area contributed by atoms with Crippen molar-refractivity contribution >= 4 is 23.2 Å². The van der Waals surface area contributed by atoms with Gasteiger partial charge in [-0.25, -0.2) is 9.18 Å². The molecule has 23 heavy (non-hydrogen) atoms. The quantitative estimate of drug-likeness (QED) is 0.754. The fourth-order valence-corrected chi connectivity index (χ4v) is 2.76. The van der Waals surface area contributed by atoms with E-state index in [0.717, 1.165) is 11.3 Å². The van der Waals surface area contributed by atoms with Crippen molar-refractivity contribution in [1.29, 1.82) is 0 Å². The summed E-state index contributed by atoms with van der Waals surface area (Å²) in [4.78, 5) is 22.9. The molecule has 2 aromatic rings. The molecule has 0 bridgehead atoms. The maximum absolute atomic E-state index is 12.9. The molecular weight excluding hydrogens is 321 g/mol. The van der Waals surface area contributed by atoms with Gasteiger partial charge in [-0.1, -0.05) is 12.1 Å². The van der Waals surface area contributed by atoms with E-state index in [1.165, 1.54) is 37.3 Å². The van der Waals surface area contributed by atoms with Crippen molar-refractivity contribution in [3.63, 3.8) is 0 Å². The minimum Gasteiger partial charge on any atom is -0.477 e. The van der Waals surface area contributed by atoms with Crippen LogP contribution in [-0.2, 0) is 16.8 Å². The summed E-state index contributed by atoms with van der Waals surface area (Å²) in [6, 6.07) is 6.85. The number of benzene rings is 1. The molecule has 0 aliphatic heterocycles. The van der Waals surface area contributed by atoms with Gasteiger partial charge in [0, 0.05) is 0 Å². The van der Waals surface area contributed by atoms with Gasteiger partial charge in [0.1, 0.15) is 16.3 Å². The van der Waals surface area contributed by atoms with Crippen LogP contribution in [0.5, 0.6) is 0 Å². The molecule has 1 amide bonds. The van der Waals surface area contributed by atoms with Crippen molar-refractivity contribution in [1.82, 2.24) is 5.32 Å². The molecule has 2 rings (SSSR count). The second kappa shape index (κ2) is 6.89. The molecule has 0 aliphatic carbocycles. The second-order valence-corrected chi connectivity index (χ2v) is 6.27. The summed E-state index contributed by atoms with van der Waals surface area (Å²) in [5.74, 6) is -1.76. The average molecular weight is 337 g/mol. The van der Waals surface area contributed by atoms with E-state index < -0.39 is 17.4 Å². The van der Waals surface area contributed by atoms with Crippen molar-refractivity contribution < 1.29 is 24.2 Å². The summed E-state index contributed by atoms with van der Waals surface area (Å²) in [6.07, 6.45) is 0.0310. The lowest BCUT2D eigenvalue weighted by molar-refractivity contribution is -0.121. The van der Waals surface area contributed by atoms with Crippen molar-refractivity contribution in [2.75, 3.05) is 6.54 Å². The van der Waals surface area contributed by atoms with Crippen LogP contribution in [0.1, 0.15) is 27.7 Å². The highest BCUT2D eigenvalue weighted by atomic mass is 32.1. The molecule has 7 heteroatoms. The molecule has 0 radical (unpaired) electrons. The van der Waals surface area contributed by atoms with Crippen molar-refractivity contribution in [3.8, 4) is 0 Å². The van der Waals surface area contributed by atoms with Crippen molar-refractivity contribution in [3.05, 3.63) is 57.5 Å². The lowest BCUT2D eigenvalue weighted by atomic mass is 9.96. The molecule has 5 nitrogen and oxygen atoms in total. The molecule has 1 heterocycles. The fraction of sp³-hybridized carbons (Fsp3) is 0.250. The highest BCUT2D eigenvalue weighted by molar-refractivity contribution is 7.12. The van der Waals surface area contributed by atoms with E-state index in [0.29, 0.717) is 11.1 Å². The SMILES string of the molecule is CC(O)(CNC(=O)Cc1csc(C(=O)O)c1)c1ccc(F)cc1. The molecule has 1 unspecified atom stereocenters. The topological polar surface area (TPSA) is 86.6 Å². The molecule has 122 valence electrons. The summed E-state index contributed by atoms with van der Waals surface area (Å²) in [7, 11) is 0. The van der Waals surface area contributed by atoms with E-state index in [2.05, 4.69) is 5.32 Å². The van der Waals surface area contributed by atoms with Gasteiger partial charge >= 0.3 is 5.97 Å².